The highest BCUT2D eigenvalue weighted by atomic mass is 16.3. The molecule has 0 saturated carbocycles. The fraction of sp³-hybridized carbons (Fsp3) is 0.647. The van der Waals surface area contributed by atoms with Gasteiger partial charge in [-0.1, -0.05) is 51.5 Å². The first-order valence-electron chi connectivity index (χ1n) is 7.48. The Balaban J connectivity index is 2.45. The smallest absolute Gasteiger partial charge is 0.0916 e. The summed E-state index contributed by atoms with van der Waals surface area (Å²) in [5, 5.41) is 10.2. The monoisotopic (exact) mass is 263 g/mol. The van der Waals surface area contributed by atoms with Gasteiger partial charge in [0.25, 0.3) is 0 Å². The number of benzene rings is 1. The van der Waals surface area contributed by atoms with Crippen molar-refractivity contribution < 1.29 is 5.11 Å². The average molecular weight is 263 g/mol. The Bertz CT molecular complexity index is 345. The van der Waals surface area contributed by atoms with Crippen LogP contribution in [0.4, 0.5) is 0 Å². The molecule has 0 aromatic heterocycles. The second kappa shape index (κ2) is 8.34. The molecule has 0 aliphatic heterocycles. The molecule has 1 aromatic rings. The van der Waals surface area contributed by atoms with Crippen molar-refractivity contribution in [2.45, 2.75) is 46.1 Å². The van der Waals surface area contributed by atoms with Crippen molar-refractivity contribution in [2.24, 2.45) is 5.92 Å². The van der Waals surface area contributed by atoms with Crippen molar-refractivity contribution in [1.29, 1.82) is 0 Å². The van der Waals surface area contributed by atoms with Crippen molar-refractivity contribution >= 4 is 0 Å². The van der Waals surface area contributed by atoms with Gasteiger partial charge in [-0.2, -0.15) is 0 Å². The van der Waals surface area contributed by atoms with Crippen LogP contribution in [0.2, 0.25) is 0 Å². The van der Waals surface area contributed by atoms with Gasteiger partial charge in [-0.15, -0.1) is 0 Å². The topological polar surface area (TPSA) is 23.5 Å². The Morgan fingerprint density at radius 2 is 1.79 bits per heavy atom. The van der Waals surface area contributed by atoms with Crippen LogP contribution in [0.3, 0.4) is 0 Å². The second-order valence-corrected chi connectivity index (χ2v) is 5.95. The second-order valence-electron chi connectivity index (χ2n) is 5.95. The Kier molecular flexibility index (Phi) is 7.11. The Morgan fingerprint density at radius 1 is 1.16 bits per heavy atom. The number of nitrogens with zero attached hydrogens (tertiary/aromatic N) is 1. The highest BCUT2D eigenvalue weighted by Gasteiger charge is 2.10. The lowest BCUT2D eigenvalue weighted by molar-refractivity contribution is 0.124. The van der Waals surface area contributed by atoms with E-state index in [2.05, 4.69) is 57.0 Å². The fourth-order valence-corrected chi connectivity index (χ4v) is 2.17. The van der Waals surface area contributed by atoms with Crippen LogP contribution in [-0.2, 0) is 6.42 Å². The molecule has 0 radical (unpaired) electrons. The number of hydrogen-bond donors (Lipinski definition) is 1. The number of hydrogen-bond acceptors (Lipinski definition) is 2. The highest BCUT2D eigenvalue weighted by Crippen LogP contribution is 2.16. The highest BCUT2D eigenvalue weighted by molar-refractivity contribution is 5.24. The molecule has 0 heterocycles. The molecule has 0 saturated heterocycles. The quantitative estimate of drug-likeness (QED) is 0.774. The average Bonchev–Trinajstić information content (AvgIpc) is 2.37. The third kappa shape index (κ3) is 6.22. The number of aliphatic hydroxyl groups excluding tert-OH is 1. The van der Waals surface area contributed by atoms with Crippen LogP contribution < -0.4 is 0 Å². The first kappa shape index (κ1) is 16.2. The summed E-state index contributed by atoms with van der Waals surface area (Å²) in [5.74, 6) is 0.716. The molecule has 0 bridgehead atoms. The Labute approximate surface area is 118 Å². The lowest BCUT2D eigenvalue weighted by atomic mass is 10.0. The summed E-state index contributed by atoms with van der Waals surface area (Å²) < 4.78 is 0. The molecular formula is C17H29NO. The van der Waals surface area contributed by atoms with Crippen LogP contribution in [0.25, 0.3) is 0 Å². The lowest BCUT2D eigenvalue weighted by Crippen LogP contribution is -2.26. The number of likely N-dealkylation sites (N-methyl/N-ethyl adjacent to an activating group) is 1. The Hall–Kier alpha value is -0.860. The minimum atomic E-state index is -0.382. The molecule has 0 spiro atoms. The predicted molar refractivity (Wildman–Crippen MR) is 82.3 cm³/mol. The van der Waals surface area contributed by atoms with Crippen molar-refractivity contribution in [3.63, 3.8) is 0 Å². The van der Waals surface area contributed by atoms with Crippen molar-refractivity contribution in [1.82, 2.24) is 4.90 Å². The molecule has 2 heteroatoms. The predicted octanol–water partition coefficient (Wildman–Crippen LogP) is 3.65. The molecule has 0 aliphatic rings. The van der Waals surface area contributed by atoms with Crippen LogP contribution in [0.1, 0.15) is 50.8 Å². The molecule has 108 valence electrons. The van der Waals surface area contributed by atoms with Gasteiger partial charge < -0.3 is 10.0 Å². The summed E-state index contributed by atoms with van der Waals surface area (Å²) >= 11 is 0. The standard InChI is InChI=1S/C17H29NO/c1-5-6-15-7-9-16(10-8-15)17(19)13-18(4)12-11-14(2)3/h7-10,14,17,19H,5-6,11-13H2,1-4H3. The molecule has 0 amide bonds. The van der Waals surface area contributed by atoms with E-state index in [-0.39, 0.29) is 6.10 Å². The van der Waals surface area contributed by atoms with E-state index >= 15 is 0 Å². The van der Waals surface area contributed by atoms with Gasteiger partial charge >= 0.3 is 0 Å². The summed E-state index contributed by atoms with van der Waals surface area (Å²) in [5.41, 5.74) is 2.38. The van der Waals surface area contributed by atoms with Crippen LogP contribution in [0.15, 0.2) is 24.3 Å². The first-order valence-corrected chi connectivity index (χ1v) is 7.48. The van der Waals surface area contributed by atoms with Gasteiger partial charge in [-0.25, -0.2) is 0 Å². The molecule has 2 nitrogen and oxygen atoms in total. The largest absolute Gasteiger partial charge is 0.387 e. The van der Waals surface area contributed by atoms with Gasteiger partial charge in [-0.3, -0.25) is 0 Å². The zero-order valence-electron chi connectivity index (χ0n) is 12.9. The number of aliphatic hydroxyl groups is 1. The molecule has 0 aliphatic carbocycles. The first-order chi connectivity index (χ1) is 9.02. The summed E-state index contributed by atoms with van der Waals surface area (Å²) in [7, 11) is 2.08. The van der Waals surface area contributed by atoms with E-state index in [1.807, 2.05) is 0 Å². The van der Waals surface area contributed by atoms with Crippen LogP contribution in [-0.4, -0.2) is 30.1 Å². The summed E-state index contributed by atoms with van der Waals surface area (Å²) in [4.78, 5) is 2.21. The maximum atomic E-state index is 10.2. The molecule has 1 rings (SSSR count). The van der Waals surface area contributed by atoms with Crippen molar-refractivity contribution in [3.8, 4) is 0 Å². The summed E-state index contributed by atoms with van der Waals surface area (Å²) in [6.07, 6.45) is 3.08. The minimum absolute atomic E-state index is 0.382. The third-order valence-corrected chi connectivity index (χ3v) is 3.48. The molecule has 1 N–H and O–H groups in total. The molecule has 1 unspecified atom stereocenters. The summed E-state index contributed by atoms with van der Waals surface area (Å²) in [6.45, 7) is 8.41. The molecule has 1 atom stereocenters. The van der Waals surface area contributed by atoms with Gasteiger partial charge in [0, 0.05) is 6.54 Å². The normalized spacial score (nSPS) is 13.2. The Morgan fingerprint density at radius 3 is 2.32 bits per heavy atom. The minimum Gasteiger partial charge on any atom is -0.387 e. The maximum absolute atomic E-state index is 10.2. The zero-order valence-corrected chi connectivity index (χ0v) is 12.9. The fourth-order valence-electron chi connectivity index (χ4n) is 2.17. The lowest BCUT2D eigenvalue weighted by Gasteiger charge is -2.21. The van der Waals surface area contributed by atoms with Crippen molar-refractivity contribution in [3.05, 3.63) is 35.4 Å². The van der Waals surface area contributed by atoms with E-state index < -0.39 is 0 Å². The van der Waals surface area contributed by atoms with Gasteiger partial charge in [0.2, 0.25) is 0 Å². The van der Waals surface area contributed by atoms with Gasteiger partial charge in [0.1, 0.15) is 0 Å². The SMILES string of the molecule is CCCc1ccc(C(O)CN(C)CCC(C)C)cc1. The van der Waals surface area contributed by atoms with E-state index in [9.17, 15) is 5.11 Å². The van der Waals surface area contributed by atoms with Gasteiger partial charge in [0.05, 0.1) is 6.10 Å². The number of aryl methyl sites for hydroxylation is 1. The molecule has 0 fully saturated rings. The van der Waals surface area contributed by atoms with Crippen LogP contribution in [0, 0.1) is 5.92 Å². The van der Waals surface area contributed by atoms with E-state index in [1.54, 1.807) is 0 Å². The van der Waals surface area contributed by atoms with E-state index in [4.69, 9.17) is 0 Å². The van der Waals surface area contributed by atoms with E-state index in [0.29, 0.717) is 12.5 Å². The summed E-state index contributed by atoms with van der Waals surface area (Å²) in [6, 6.07) is 8.39. The zero-order chi connectivity index (χ0) is 14.3. The molecule has 1 aromatic carbocycles. The van der Waals surface area contributed by atoms with E-state index in [0.717, 1.165) is 18.5 Å². The maximum Gasteiger partial charge on any atom is 0.0916 e. The third-order valence-electron chi connectivity index (χ3n) is 3.48. The molecule has 19 heavy (non-hydrogen) atoms. The van der Waals surface area contributed by atoms with Crippen LogP contribution in [0.5, 0.6) is 0 Å². The van der Waals surface area contributed by atoms with Gasteiger partial charge in [-0.05, 0) is 43.5 Å². The molecular weight excluding hydrogens is 234 g/mol. The van der Waals surface area contributed by atoms with Crippen molar-refractivity contribution in [2.75, 3.05) is 20.1 Å². The van der Waals surface area contributed by atoms with Gasteiger partial charge in [0.15, 0.2) is 0 Å². The van der Waals surface area contributed by atoms with E-state index in [1.165, 1.54) is 18.4 Å². The number of rotatable bonds is 8. The van der Waals surface area contributed by atoms with Crippen LogP contribution >= 0.6 is 0 Å².